The summed E-state index contributed by atoms with van der Waals surface area (Å²) in [6.07, 6.45) is 0. The van der Waals surface area contributed by atoms with E-state index in [4.69, 9.17) is 21.7 Å². The Labute approximate surface area is 119 Å². The molecule has 0 fully saturated rings. The summed E-state index contributed by atoms with van der Waals surface area (Å²) in [7, 11) is 0. The Morgan fingerprint density at radius 2 is 2.45 bits per heavy atom. The minimum atomic E-state index is -0.586. The monoisotopic (exact) mass is 294 g/mol. The van der Waals surface area contributed by atoms with E-state index in [1.165, 1.54) is 5.12 Å². The van der Waals surface area contributed by atoms with E-state index in [1.54, 1.807) is 24.3 Å². The average molecular weight is 295 g/mol. The van der Waals surface area contributed by atoms with E-state index in [-0.39, 0.29) is 12.6 Å². The number of benzene rings is 1. The second-order valence-corrected chi connectivity index (χ2v) is 4.17. The minimum absolute atomic E-state index is 0.0418. The third kappa shape index (κ3) is 3.09. The number of carbonyl (C=O) groups excluding carboxylic acids is 1. The summed E-state index contributed by atoms with van der Waals surface area (Å²) in [6, 6.07) is 6.47. The van der Waals surface area contributed by atoms with E-state index in [0.29, 0.717) is 10.7 Å². The Kier molecular flexibility index (Phi) is 4.24. The first-order valence-electron chi connectivity index (χ1n) is 5.60. The Bertz CT molecular complexity index is 597. The highest BCUT2D eigenvalue weighted by Gasteiger charge is 2.20. The van der Waals surface area contributed by atoms with Crippen molar-refractivity contribution >= 4 is 29.3 Å². The average Bonchev–Trinajstić information content (AvgIpc) is 2.88. The number of hydrogen-bond acceptors (Lipinski definition) is 6. The van der Waals surface area contributed by atoms with Gasteiger partial charge in [-0.25, -0.2) is 4.79 Å². The first kappa shape index (κ1) is 13.9. The quantitative estimate of drug-likeness (QED) is 0.706. The van der Waals surface area contributed by atoms with Gasteiger partial charge in [-0.15, -0.1) is 0 Å². The number of nitriles is 1. The van der Waals surface area contributed by atoms with Gasteiger partial charge in [0.25, 0.3) is 0 Å². The summed E-state index contributed by atoms with van der Waals surface area (Å²) in [5.41, 5.74) is 4.01. The van der Waals surface area contributed by atoms with Crippen LogP contribution in [0.15, 0.2) is 23.3 Å². The van der Waals surface area contributed by atoms with Gasteiger partial charge in [-0.05, 0) is 30.2 Å². The lowest BCUT2D eigenvalue weighted by atomic mass is 10.2. The zero-order chi connectivity index (χ0) is 14.5. The molecule has 1 aliphatic heterocycles. The van der Waals surface area contributed by atoms with Crippen LogP contribution in [0.1, 0.15) is 5.56 Å². The van der Waals surface area contributed by atoms with Crippen LogP contribution in [-0.4, -0.2) is 18.6 Å². The maximum Gasteiger partial charge on any atom is 0.338 e. The van der Waals surface area contributed by atoms with Gasteiger partial charge in [-0.2, -0.15) is 10.4 Å². The summed E-state index contributed by atoms with van der Waals surface area (Å²) in [5, 5.41) is 18.9. The smallest absolute Gasteiger partial charge is 0.338 e. The maximum absolute atomic E-state index is 11.3. The van der Waals surface area contributed by atoms with Gasteiger partial charge in [0.15, 0.2) is 0 Å². The molecule has 20 heavy (non-hydrogen) atoms. The topological polar surface area (TPSA) is 102 Å². The highest BCUT2D eigenvalue weighted by molar-refractivity contribution is 6.31. The third-order valence-corrected chi connectivity index (χ3v) is 2.84. The number of hydrogen-bond donors (Lipinski definition) is 3. The number of halogens is 1. The molecule has 0 saturated carbocycles. The van der Waals surface area contributed by atoms with E-state index >= 15 is 0 Å². The standard InChI is InChI=1S/C11H11ClN6O2/c1-7-8(12)3-2-4-9(7)18-16-11(20-17-18)15-10(19)14-6-5-13/h2-4,17H,6H2,1H3,(H2,14,15,16,19). The number of hydrazine groups is 1. The molecule has 104 valence electrons. The lowest BCUT2D eigenvalue weighted by molar-refractivity contribution is 0.191. The van der Waals surface area contributed by atoms with Crippen LogP contribution in [0.25, 0.3) is 0 Å². The molecule has 1 heterocycles. The van der Waals surface area contributed by atoms with Gasteiger partial charge in [-0.1, -0.05) is 22.8 Å². The van der Waals surface area contributed by atoms with E-state index in [1.807, 2.05) is 6.92 Å². The molecule has 9 heteroatoms. The van der Waals surface area contributed by atoms with Crippen LogP contribution >= 0.6 is 11.6 Å². The fraction of sp³-hybridized carbons (Fsp3) is 0.182. The highest BCUT2D eigenvalue weighted by Crippen LogP contribution is 2.26. The second-order valence-electron chi connectivity index (χ2n) is 3.76. The number of anilines is 1. The van der Waals surface area contributed by atoms with Gasteiger partial charge in [0.1, 0.15) is 6.54 Å². The molecule has 0 atom stereocenters. The largest absolute Gasteiger partial charge is 0.347 e. The van der Waals surface area contributed by atoms with Gasteiger partial charge in [0, 0.05) is 5.02 Å². The summed E-state index contributed by atoms with van der Waals surface area (Å²) in [4.78, 5) is 16.3. The van der Waals surface area contributed by atoms with Gasteiger partial charge in [-0.3, -0.25) is 5.32 Å². The second kappa shape index (κ2) is 6.10. The molecule has 1 aromatic carbocycles. The van der Waals surface area contributed by atoms with Crippen LogP contribution in [0.5, 0.6) is 0 Å². The van der Waals surface area contributed by atoms with Crippen molar-refractivity contribution in [2.24, 2.45) is 5.10 Å². The van der Waals surface area contributed by atoms with Crippen LogP contribution in [0.4, 0.5) is 10.5 Å². The van der Waals surface area contributed by atoms with Crippen molar-refractivity contribution in [1.29, 1.82) is 5.26 Å². The molecule has 2 rings (SSSR count). The zero-order valence-corrected chi connectivity index (χ0v) is 11.2. The SMILES string of the molecule is Cc1c(Cl)cccc1N1N=C(NC(=O)NCC#N)ON1. The first-order valence-corrected chi connectivity index (χ1v) is 5.97. The number of nitrogens with one attached hydrogen (secondary N) is 3. The Morgan fingerprint density at radius 3 is 3.20 bits per heavy atom. The Morgan fingerprint density at radius 1 is 1.65 bits per heavy atom. The van der Waals surface area contributed by atoms with Crippen LogP contribution in [0.3, 0.4) is 0 Å². The van der Waals surface area contributed by atoms with Crippen molar-refractivity contribution in [1.82, 2.24) is 16.2 Å². The number of urea groups is 1. The lowest BCUT2D eigenvalue weighted by Crippen LogP contribution is -2.40. The fourth-order valence-electron chi connectivity index (χ4n) is 1.46. The molecule has 0 aliphatic carbocycles. The molecule has 0 bridgehead atoms. The van der Waals surface area contributed by atoms with Gasteiger partial charge < -0.3 is 10.2 Å². The minimum Gasteiger partial charge on any atom is -0.347 e. The normalized spacial score (nSPS) is 13.2. The molecule has 0 spiro atoms. The van der Waals surface area contributed by atoms with E-state index in [2.05, 4.69) is 21.3 Å². The molecule has 3 N–H and O–H groups in total. The number of nitrogens with zero attached hydrogens (tertiary/aromatic N) is 3. The summed E-state index contributed by atoms with van der Waals surface area (Å²) in [5.74, 6) is 0. The van der Waals surface area contributed by atoms with Crippen LogP contribution < -0.4 is 21.3 Å². The predicted molar refractivity (Wildman–Crippen MR) is 72.5 cm³/mol. The molecule has 1 aliphatic rings. The maximum atomic E-state index is 11.3. The van der Waals surface area contributed by atoms with Gasteiger partial charge in [0.2, 0.25) is 0 Å². The Hall–Kier alpha value is -2.50. The molecular weight excluding hydrogens is 284 g/mol. The van der Waals surface area contributed by atoms with E-state index < -0.39 is 6.03 Å². The van der Waals surface area contributed by atoms with Gasteiger partial charge >= 0.3 is 12.1 Å². The molecule has 0 radical (unpaired) electrons. The molecular formula is C11H11ClN6O2. The number of amides is 2. The number of hydrazone groups is 1. The van der Waals surface area contributed by atoms with Crippen molar-refractivity contribution < 1.29 is 9.63 Å². The van der Waals surface area contributed by atoms with Crippen molar-refractivity contribution in [3.05, 3.63) is 28.8 Å². The number of amidine groups is 1. The van der Waals surface area contributed by atoms with Crippen LogP contribution in [0.2, 0.25) is 5.02 Å². The van der Waals surface area contributed by atoms with Crippen LogP contribution in [-0.2, 0) is 4.84 Å². The van der Waals surface area contributed by atoms with Crippen molar-refractivity contribution in [2.75, 3.05) is 11.7 Å². The molecule has 0 aromatic heterocycles. The fourth-order valence-corrected chi connectivity index (χ4v) is 1.63. The van der Waals surface area contributed by atoms with E-state index in [0.717, 1.165) is 5.56 Å². The highest BCUT2D eigenvalue weighted by atomic mass is 35.5. The predicted octanol–water partition coefficient (Wildman–Crippen LogP) is 0.998. The van der Waals surface area contributed by atoms with Crippen molar-refractivity contribution in [2.45, 2.75) is 6.92 Å². The zero-order valence-electron chi connectivity index (χ0n) is 10.5. The summed E-state index contributed by atoms with van der Waals surface area (Å²) >= 11 is 6.02. The Balaban J connectivity index is 2.05. The molecule has 2 amide bonds. The molecule has 0 saturated heterocycles. The number of rotatable bonds is 2. The van der Waals surface area contributed by atoms with Crippen molar-refractivity contribution in [3.63, 3.8) is 0 Å². The lowest BCUT2D eigenvalue weighted by Gasteiger charge is -2.14. The summed E-state index contributed by atoms with van der Waals surface area (Å²) in [6.45, 7) is 1.73. The van der Waals surface area contributed by atoms with E-state index in [9.17, 15) is 4.79 Å². The third-order valence-electron chi connectivity index (χ3n) is 2.44. The summed E-state index contributed by atoms with van der Waals surface area (Å²) < 4.78 is 0. The van der Waals surface area contributed by atoms with Gasteiger partial charge in [0.05, 0.1) is 11.8 Å². The van der Waals surface area contributed by atoms with Crippen LogP contribution in [0, 0.1) is 18.3 Å². The molecule has 0 unspecified atom stereocenters. The first-order chi connectivity index (χ1) is 9.61. The molecule has 8 nitrogen and oxygen atoms in total. The molecule has 1 aromatic rings. The number of carbonyl (C=O) groups is 1. The van der Waals surface area contributed by atoms with Crippen molar-refractivity contribution in [3.8, 4) is 6.07 Å².